The Balaban J connectivity index is 1.69. The van der Waals surface area contributed by atoms with Crippen molar-refractivity contribution in [2.75, 3.05) is 113 Å². The van der Waals surface area contributed by atoms with E-state index in [9.17, 15) is 25.2 Å². The Kier molecular flexibility index (Phi) is 27.0. The summed E-state index contributed by atoms with van der Waals surface area (Å²) in [6.07, 6.45) is -0.578. The number of aliphatic hydroxyl groups excluding tert-OH is 4. The first-order valence-electron chi connectivity index (χ1n) is 21.0. The molecule has 0 bridgehead atoms. The third kappa shape index (κ3) is 17.4. The third-order valence-electron chi connectivity index (χ3n) is 9.75. The predicted octanol–water partition coefficient (Wildman–Crippen LogP) is 4.52. The molecule has 0 aliphatic carbocycles. The number of β-lactam (4-membered cyclic amide) rings is 1. The topological polar surface area (TPSA) is 166 Å². The molecule has 7 atom stereocenters. The van der Waals surface area contributed by atoms with Gasteiger partial charge in [0.25, 0.3) is 5.91 Å². The Morgan fingerprint density at radius 3 is 1.72 bits per heavy atom. The van der Waals surface area contributed by atoms with Crippen LogP contribution in [-0.2, 0) is 39.8 Å². The zero-order valence-corrected chi connectivity index (χ0v) is 38.2. The number of ether oxygens (including phenoxy) is 7. The summed E-state index contributed by atoms with van der Waals surface area (Å²) >= 11 is 6.65. The molecule has 2 aliphatic heterocycles. The molecule has 4 rings (SSSR count). The zero-order chi connectivity index (χ0) is 42.6. The maximum Gasteiger partial charge on any atom is 0.255 e. The van der Waals surface area contributed by atoms with Crippen LogP contribution in [0.4, 0.5) is 0 Å². The summed E-state index contributed by atoms with van der Waals surface area (Å²) in [7, 11) is 1.62. The van der Waals surface area contributed by atoms with Gasteiger partial charge in [0, 0.05) is 42.8 Å². The molecule has 0 saturated carbocycles. The minimum absolute atomic E-state index is 0.108. The van der Waals surface area contributed by atoms with Crippen LogP contribution in [0.2, 0.25) is 0 Å². The van der Waals surface area contributed by atoms with Gasteiger partial charge >= 0.3 is 0 Å². The highest BCUT2D eigenvalue weighted by Crippen LogP contribution is 2.44. The third-order valence-corrected chi connectivity index (χ3v) is 13.9. The van der Waals surface area contributed by atoms with E-state index in [1.54, 1.807) is 54.2 Å². The molecule has 2 aromatic carbocycles. The van der Waals surface area contributed by atoms with Gasteiger partial charge in [0.15, 0.2) is 12.4 Å². The van der Waals surface area contributed by atoms with E-state index in [4.69, 9.17) is 33.2 Å². The lowest BCUT2D eigenvalue weighted by Gasteiger charge is -2.57. The summed E-state index contributed by atoms with van der Waals surface area (Å²) in [6, 6.07) is 16.3. The Morgan fingerprint density at radius 1 is 0.633 bits per heavy atom. The second-order valence-corrected chi connectivity index (χ2v) is 19.0. The maximum absolute atomic E-state index is 14.7. The molecule has 60 heavy (non-hydrogen) atoms. The Bertz CT molecular complexity index is 1390. The van der Waals surface area contributed by atoms with Crippen molar-refractivity contribution in [1.29, 1.82) is 0 Å². The molecule has 4 N–H and O–H groups in total. The molecule has 2 aliphatic rings. The van der Waals surface area contributed by atoms with E-state index in [2.05, 4.69) is 0 Å². The van der Waals surface area contributed by atoms with E-state index in [1.165, 1.54) is 0 Å². The molecule has 17 heteroatoms. The second-order valence-electron chi connectivity index (χ2n) is 14.1. The molecule has 0 spiro atoms. The van der Waals surface area contributed by atoms with E-state index in [0.717, 1.165) is 53.4 Å². The van der Waals surface area contributed by atoms with Gasteiger partial charge in [-0.05, 0) is 72.0 Å². The van der Waals surface area contributed by atoms with Crippen molar-refractivity contribution in [2.45, 2.75) is 75.1 Å². The number of thioether (sulfide) groups is 4. The van der Waals surface area contributed by atoms with Crippen LogP contribution in [0.25, 0.3) is 0 Å². The summed E-state index contributed by atoms with van der Waals surface area (Å²) in [5.41, 5.74) is 1.83. The van der Waals surface area contributed by atoms with Crippen LogP contribution in [0.1, 0.15) is 42.9 Å². The minimum Gasteiger partial charge on any atom is -0.497 e. The van der Waals surface area contributed by atoms with Gasteiger partial charge in [-0.3, -0.25) is 4.79 Å². The zero-order valence-electron chi connectivity index (χ0n) is 34.9. The summed E-state index contributed by atoms with van der Waals surface area (Å²) in [6.45, 7) is 2.60. The smallest absolute Gasteiger partial charge is 0.255 e. The van der Waals surface area contributed by atoms with Gasteiger partial charge in [-0.25, -0.2) is 0 Å². The molecule has 340 valence electrons. The number of nitrogens with zero attached hydrogens (tertiary/aromatic N) is 1. The number of carbonyl (C=O) groups is 1. The van der Waals surface area contributed by atoms with E-state index >= 15 is 0 Å². The lowest BCUT2D eigenvalue weighted by Crippen LogP contribution is -2.73. The number of likely N-dealkylation sites (tertiary alicyclic amines) is 1. The highest BCUT2D eigenvalue weighted by Gasteiger charge is 2.60. The van der Waals surface area contributed by atoms with E-state index in [-0.39, 0.29) is 45.5 Å². The van der Waals surface area contributed by atoms with Gasteiger partial charge in [0.1, 0.15) is 30.1 Å². The van der Waals surface area contributed by atoms with Gasteiger partial charge in [-0.1, -0.05) is 42.5 Å². The maximum atomic E-state index is 14.7. The van der Waals surface area contributed by atoms with Crippen LogP contribution >= 0.6 is 47.0 Å². The lowest BCUT2D eigenvalue weighted by atomic mass is 9.84. The van der Waals surface area contributed by atoms with E-state index in [0.29, 0.717) is 61.6 Å². The standard InChI is InChI=1S/C43H67NO12S4/c1-50-35-13-11-34(12-14-35)37-41(55-31-33-9-3-2-4-10-33)42(49)44(37)38-40(53-21-7-25-59-29-17-47)39(52-20-6-24-58-28-16-46)36(32-51-19-5-23-57-27-15-45)56-43(38)54-22-8-26-60-30-18-48/h2-4,9-14,36-41,43,45-48H,5-8,15-32H2,1H3/t36-,37?,38-,39-,40-,41?,43-/m1/s1. The van der Waals surface area contributed by atoms with Crippen molar-refractivity contribution >= 4 is 53.0 Å². The molecule has 2 fully saturated rings. The number of methoxy groups -OCH3 is 1. The van der Waals surface area contributed by atoms with Gasteiger partial charge < -0.3 is 58.5 Å². The number of benzene rings is 2. The molecular weight excluding hydrogens is 851 g/mol. The van der Waals surface area contributed by atoms with Crippen LogP contribution < -0.4 is 4.74 Å². The summed E-state index contributed by atoms with van der Waals surface area (Å²) in [4.78, 5) is 16.5. The van der Waals surface area contributed by atoms with Crippen LogP contribution in [0.3, 0.4) is 0 Å². The first kappa shape index (κ1) is 51.3. The monoisotopic (exact) mass is 917 g/mol. The van der Waals surface area contributed by atoms with Crippen molar-refractivity contribution in [3.05, 3.63) is 65.7 Å². The van der Waals surface area contributed by atoms with E-state index < -0.39 is 42.8 Å². The molecule has 13 nitrogen and oxygen atoms in total. The first-order valence-corrected chi connectivity index (χ1v) is 25.6. The first-order chi connectivity index (χ1) is 29.6. The Morgan fingerprint density at radius 2 is 1.17 bits per heavy atom. The number of amides is 1. The average Bonchev–Trinajstić information content (AvgIpc) is 3.27. The molecule has 1 amide bonds. The van der Waals surface area contributed by atoms with Crippen molar-refractivity contribution < 1.29 is 58.4 Å². The molecule has 2 heterocycles. The predicted molar refractivity (Wildman–Crippen MR) is 242 cm³/mol. The van der Waals surface area contributed by atoms with Gasteiger partial charge in [-0.15, -0.1) is 0 Å². The Hall–Kier alpha value is -1.29. The minimum atomic E-state index is -0.893. The molecule has 2 saturated heterocycles. The van der Waals surface area contributed by atoms with Crippen molar-refractivity contribution in [2.24, 2.45) is 0 Å². The number of aliphatic hydroxyl groups is 4. The van der Waals surface area contributed by atoms with Crippen LogP contribution in [0, 0.1) is 0 Å². The Labute approximate surface area is 373 Å². The highest BCUT2D eigenvalue weighted by molar-refractivity contribution is 7.99. The summed E-state index contributed by atoms with van der Waals surface area (Å²) < 4.78 is 45.4. The van der Waals surface area contributed by atoms with Gasteiger partial charge in [-0.2, -0.15) is 47.0 Å². The summed E-state index contributed by atoms with van der Waals surface area (Å²) in [5.74, 6) is 6.35. The quantitative estimate of drug-likeness (QED) is 0.0563. The van der Waals surface area contributed by atoms with Gasteiger partial charge in [0.05, 0.1) is 59.4 Å². The van der Waals surface area contributed by atoms with Crippen molar-refractivity contribution in [3.63, 3.8) is 0 Å². The SMILES string of the molecule is COc1ccc(C2C(OCc3ccccc3)C(=O)N2[C@H]2[C@H](OCCCSCCO)O[C@H](COCCCSCCO)[C@@H](OCCCSCCO)[C@@H]2OCCCSCCO)cc1. The van der Waals surface area contributed by atoms with Crippen LogP contribution in [0.5, 0.6) is 5.75 Å². The average molecular weight is 918 g/mol. The van der Waals surface area contributed by atoms with Crippen LogP contribution in [0.15, 0.2) is 54.6 Å². The molecular formula is C43H67NO12S4. The normalized spacial score (nSPS) is 22.9. The second kappa shape index (κ2) is 31.5. The van der Waals surface area contributed by atoms with E-state index in [1.807, 2.05) is 59.5 Å². The largest absolute Gasteiger partial charge is 0.497 e. The lowest BCUT2D eigenvalue weighted by molar-refractivity contribution is -0.312. The fraction of sp³-hybridized carbons (Fsp3) is 0.698. The number of carbonyl (C=O) groups excluding carboxylic acids is 1. The number of hydrogen-bond acceptors (Lipinski definition) is 16. The fourth-order valence-electron chi connectivity index (χ4n) is 6.97. The number of hydrogen-bond donors (Lipinski definition) is 4. The van der Waals surface area contributed by atoms with Gasteiger partial charge in [0.2, 0.25) is 0 Å². The van der Waals surface area contributed by atoms with Crippen LogP contribution in [-0.4, -0.2) is 181 Å². The molecule has 0 radical (unpaired) electrons. The number of rotatable bonds is 35. The van der Waals surface area contributed by atoms with Crippen molar-refractivity contribution in [1.82, 2.24) is 4.90 Å². The summed E-state index contributed by atoms with van der Waals surface area (Å²) in [5, 5.41) is 37.2. The highest BCUT2D eigenvalue weighted by atomic mass is 32.2. The molecule has 2 aromatic rings. The fourth-order valence-corrected chi connectivity index (χ4v) is 9.59. The molecule has 0 aromatic heterocycles. The van der Waals surface area contributed by atoms with Crippen molar-refractivity contribution in [3.8, 4) is 5.75 Å². The molecule has 2 unspecified atom stereocenters.